The van der Waals surface area contributed by atoms with Gasteiger partial charge in [-0.3, -0.25) is 19.7 Å². The van der Waals surface area contributed by atoms with Crippen molar-refractivity contribution in [1.29, 1.82) is 0 Å². The number of nitro benzene ring substituents is 1. The Kier molecular flexibility index (Phi) is 5.45. The molecule has 0 bridgehead atoms. The zero-order valence-corrected chi connectivity index (χ0v) is 18.0. The molecule has 2 aromatic rings. The van der Waals surface area contributed by atoms with E-state index < -0.39 is 32.2 Å². The molecule has 168 valence electrons. The fourth-order valence-electron chi connectivity index (χ4n) is 4.18. The molecule has 0 aliphatic carbocycles. The summed E-state index contributed by atoms with van der Waals surface area (Å²) in [6.45, 7) is 0.463. The number of sulfone groups is 1. The van der Waals surface area contributed by atoms with Crippen LogP contribution in [-0.2, 0) is 25.8 Å². The van der Waals surface area contributed by atoms with E-state index in [-0.39, 0.29) is 35.4 Å². The quantitative estimate of drug-likeness (QED) is 0.510. The number of hydrogen-bond donors (Lipinski definition) is 0. The fourth-order valence-corrected chi connectivity index (χ4v) is 4.86. The average Bonchev–Trinajstić information content (AvgIpc) is 3.13. The third-order valence-corrected chi connectivity index (χ3v) is 6.89. The zero-order valence-electron chi connectivity index (χ0n) is 17.2. The molecular formula is C21H20FN3O6S. The van der Waals surface area contributed by atoms with E-state index >= 15 is 0 Å². The molecule has 2 aromatic carbocycles. The van der Waals surface area contributed by atoms with Crippen molar-refractivity contribution in [3.05, 3.63) is 57.9 Å². The maximum Gasteiger partial charge on any atom is 0.306 e. The molecule has 1 atom stereocenters. The lowest BCUT2D eigenvalue weighted by molar-refractivity contribution is -0.387. The lowest BCUT2D eigenvalue weighted by Crippen LogP contribution is -2.40. The largest absolute Gasteiger partial charge is 0.312 e. The lowest BCUT2D eigenvalue weighted by atomic mass is 9.99. The SMILES string of the molecule is CS(=O)(=O)c1ccc2c(c1)CCCN2C(=O)C1CC(=O)N(c2ccc(F)c([N+](=O)[O-])c2)C1. The predicted molar refractivity (Wildman–Crippen MR) is 114 cm³/mol. The second-order valence-electron chi connectivity index (χ2n) is 7.95. The Hall–Kier alpha value is -3.34. The molecule has 1 unspecified atom stereocenters. The van der Waals surface area contributed by atoms with Crippen LogP contribution in [0.2, 0.25) is 0 Å². The molecule has 2 aliphatic rings. The van der Waals surface area contributed by atoms with Gasteiger partial charge in [0.2, 0.25) is 17.6 Å². The summed E-state index contributed by atoms with van der Waals surface area (Å²) in [5.41, 5.74) is 0.798. The minimum atomic E-state index is -3.38. The number of halogens is 1. The summed E-state index contributed by atoms with van der Waals surface area (Å²) in [5, 5.41) is 11.0. The van der Waals surface area contributed by atoms with Crippen LogP contribution in [0.5, 0.6) is 0 Å². The van der Waals surface area contributed by atoms with Crippen molar-refractivity contribution in [2.24, 2.45) is 5.92 Å². The van der Waals surface area contributed by atoms with E-state index in [1.807, 2.05) is 0 Å². The molecule has 2 aliphatic heterocycles. The van der Waals surface area contributed by atoms with E-state index in [4.69, 9.17) is 0 Å². The Morgan fingerprint density at radius 3 is 2.66 bits per heavy atom. The highest BCUT2D eigenvalue weighted by molar-refractivity contribution is 7.90. The van der Waals surface area contributed by atoms with Gasteiger partial charge in [-0.2, -0.15) is 4.39 Å². The fraction of sp³-hybridized carbons (Fsp3) is 0.333. The molecular weight excluding hydrogens is 441 g/mol. The van der Waals surface area contributed by atoms with E-state index in [9.17, 15) is 32.5 Å². The van der Waals surface area contributed by atoms with E-state index in [1.165, 1.54) is 17.0 Å². The van der Waals surface area contributed by atoms with Gasteiger partial charge in [-0.25, -0.2) is 8.42 Å². The van der Waals surface area contributed by atoms with Crippen LogP contribution >= 0.6 is 0 Å². The molecule has 0 aromatic heterocycles. The van der Waals surface area contributed by atoms with Crippen molar-refractivity contribution in [2.45, 2.75) is 24.2 Å². The van der Waals surface area contributed by atoms with Gasteiger partial charge in [-0.05, 0) is 48.7 Å². The summed E-state index contributed by atoms with van der Waals surface area (Å²) in [6, 6.07) is 7.84. The monoisotopic (exact) mass is 461 g/mol. The van der Waals surface area contributed by atoms with E-state index in [2.05, 4.69) is 0 Å². The summed E-state index contributed by atoms with van der Waals surface area (Å²) in [4.78, 5) is 39.0. The second-order valence-corrected chi connectivity index (χ2v) is 9.97. The van der Waals surface area contributed by atoms with Crippen LogP contribution in [0.25, 0.3) is 0 Å². The molecule has 1 saturated heterocycles. The number of hydrogen-bond acceptors (Lipinski definition) is 6. The zero-order chi connectivity index (χ0) is 23.2. The first-order valence-electron chi connectivity index (χ1n) is 9.95. The second kappa shape index (κ2) is 7.97. The minimum absolute atomic E-state index is 0.0215. The highest BCUT2D eigenvalue weighted by Gasteiger charge is 2.39. The Balaban J connectivity index is 1.58. The molecule has 2 heterocycles. The number of carbonyl (C=O) groups excluding carboxylic acids is 2. The van der Waals surface area contributed by atoms with Crippen molar-refractivity contribution < 1.29 is 27.3 Å². The van der Waals surface area contributed by atoms with Crippen LogP contribution in [-0.4, -0.2) is 44.5 Å². The van der Waals surface area contributed by atoms with Crippen molar-refractivity contribution in [3.63, 3.8) is 0 Å². The molecule has 9 nitrogen and oxygen atoms in total. The van der Waals surface area contributed by atoms with Crippen LogP contribution in [0.1, 0.15) is 18.4 Å². The van der Waals surface area contributed by atoms with E-state index in [0.717, 1.165) is 24.0 Å². The standard InChI is InChI=1S/C21H20FN3O6S/c1-32(30,31)16-5-7-18-13(9-16)3-2-8-23(18)21(27)14-10-20(26)24(12-14)15-4-6-17(22)19(11-15)25(28)29/h4-7,9,11,14H,2-3,8,10,12H2,1H3. The Morgan fingerprint density at radius 2 is 1.97 bits per heavy atom. The maximum absolute atomic E-state index is 13.7. The number of aryl methyl sites for hydroxylation is 1. The van der Waals surface area contributed by atoms with Gasteiger partial charge in [0.05, 0.1) is 21.4 Å². The van der Waals surface area contributed by atoms with Crippen LogP contribution < -0.4 is 9.80 Å². The third kappa shape index (κ3) is 3.95. The van der Waals surface area contributed by atoms with Gasteiger partial charge in [-0.15, -0.1) is 0 Å². The number of nitrogens with zero attached hydrogens (tertiary/aromatic N) is 3. The van der Waals surface area contributed by atoms with Crippen molar-refractivity contribution >= 4 is 38.7 Å². The minimum Gasteiger partial charge on any atom is -0.312 e. The highest BCUT2D eigenvalue weighted by atomic mass is 32.2. The molecule has 2 amide bonds. The van der Waals surface area contributed by atoms with Gasteiger partial charge in [-0.1, -0.05) is 0 Å². The van der Waals surface area contributed by atoms with E-state index in [0.29, 0.717) is 25.1 Å². The smallest absolute Gasteiger partial charge is 0.306 e. The molecule has 0 radical (unpaired) electrons. The van der Waals surface area contributed by atoms with Gasteiger partial charge in [0, 0.05) is 37.5 Å². The molecule has 4 rings (SSSR count). The Labute approximate surface area is 183 Å². The third-order valence-electron chi connectivity index (χ3n) is 5.78. The summed E-state index contributed by atoms with van der Waals surface area (Å²) in [6.07, 6.45) is 2.34. The Bertz CT molecular complexity index is 1250. The van der Waals surface area contributed by atoms with Gasteiger partial charge in [0.15, 0.2) is 9.84 Å². The average molecular weight is 461 g/mol. The van der Waals surface area contributed by atoms with Gasteiger partial charge < -0.3 is 9.80 Å². The number of fused-ring (bicyclic) bond motifs is 1. The Morgan fingerprint density at radius 1 is 1.22 bits per heavy atom. The number of amides is 2. The van der Waals surface area contributed by atoms with Crippen molar-refractivity contribution in [3.8, 4) is 0 Å². The number of rotatable bonds is 4. The normalized spacial score (nSPS) is 18.6. The van der Waals surface area contributed by atoms with Gasteiger partial charge >= 0.3 is 5.69 Å². The summed E-state index contributed by atoms with van der Waals surface area (Å²) in [7, 11) is -3.38. The number of nitro groups is 1. The van der Waals surface area contributed by atoms with Crippen LogP contribution in [0.3, 0.4) is 0 Å². The highest BCUT2D eigenvalue weighted by Crippen LogP contribution is 2.34. The molecule has 1 fully saturated rings. The summed E-state index contributed by atoms with van der Waals surface area (Å²) in [5.74, 6) is -2.33. The molecule has 0 spiro atoms. The van der Waals surface area contributed by atoms with Crippen LogP contribution in [0.4, 0.5) is 21.5 Å². The van der Waals surface area contributed by atoms with Crippen LogP contribution in [0.15, 0.2) is 41.3 Å². The first-order valence-corrected chi connectivity index (χ1v) is 11.8. The van der Waals surface area contributed by atoms with Gasteiger partial charge in [0.25, 0.3) is 0 Å². The molecule has 0 N–H and O–H groups in total. The summed E-state index contributed by atoms with van der Waals surface area (Å²) < 4.78 is 37.3. The number of anilines is 2. The topological polar surface area (TPSA) is 118 Å². The van der Waals surface area contributed by atoms with E-state index in [1.54, 1.807) is 17.0 Å². The van der Waals surface area contributed by atoms with Gasteiger partial charge in [0.1, 0.15) is 0 Å². The first-order chi connectivity index (χ1) is 15.1. The number of carbonyl (C=O) groups is 2. The van der Waals surface area contributed by atoms with Crippen molar-refractivity contribution in [2.75, 3.05) is 29.1 Å². The molecule has 32 heavy (non-hydrogen) atoms. The molecule has 0 saturated carbocycles. The molecule has 11 heteroatoms. The first kappa shape index (κ1) is 21.9. The number of benzene rings is 2. The van der Waals surface area contributed by atoms with Crippen molar-refractivity contribution in [1.82, 2.24) is 0 Å². The maximum atomic E-state index is 13.7. The predicted octanol–water partition coefficient (Wildman–Crippen LogP) is 2.47. The lowest BCUT2D eigenvalue weighted by Gasteiger charge is -2.31. The van der Waals surface area contributed by atoms with Crippen LogP contribution in [0, 0.1) is 21.8 Å². The summed E-state index contributed by atoms with van der Waals surface area (Å²) >= 11 is 0.